The number of carbonyl (C=O) groups excluding carboxylic acids is 1. The molecule has 2 aliphatic rings. The van der Waals surface area contributed by atoms with Crippen molar-refractivity contribution in [3.05, 3.63) is 58.2 Å². The maximum Gasteiger partial charge on any atom is 0.269 e. The molecule has 8 nitrogen and oxygen atoms in total. The van der Waals surface area contributed by atoms with Crippen molar-refractivity contribution in [2.45, 2.75) is 6.42 Å². The molecular formula is C18H18BrN5O3S. The Hall–Kier alpha value is -2.72. The van der Waals surface area contributed by atoms with Crippen molar-refractivity contribution in [3.8, 4) is 5.75 Å². The van der Waals surface area contributed by atoms with Gasteiger partial charge in [-0.05, 0) is 24.6 Å². The fourth-order valence-electron chi connectivity index (χ4n) is 2.45. The number of allylic oxidation sites excluding steroid dienone is 5. The molecule has 3 rings (SSSR count). The van der Waals surface area contributed by atoms with Crippen LogP contribution < -0.4 is 10.6 Å². The summed E-state index contributed by atoms with van der Waals surface area (Å²) >= 11 is 1.72. The Morgan fingerprint density at radius 2 is 1.93 bits per heavy atom. The molecule has 3 N–H and O–H groups in total. The van der Waals surface area contributed by atoms with Gasteiger partial charge in [-0.3, -0.25) is 4.79 Å². The summed E-state index contributed by atoms with van der Waals surface area (Å²) in [4.78, 5) is 13.6. The van der Waals surface area contributed by atoms with Crippen molar-refractivity contribution >= 4 is 50.4 Å². The van der Waals surface area contributed by atoms with Crippen molar-refractivity contribution in [2.75, 3.05) is 19.4 Å². The van der Waals surface area contributed by atoms with E-state index in [4.69, 9.17) is 0 Å². The molecule has 1 aromatic carbocycles. The van der Waals surface area contributed by atoms with E-state index >= 15 is 0 Å². The minimum atomic E-state index is -1.79. The first-order valence-corrected chi connectivity index (χ1v) is 10.1. The Morgan fingerprint density at radius 1 is 1.21 bits per heavy atom. The number of amidine groups is 2. The van der Waals surface area contributed by atoms with Crippen LogP contribution in [0.25, 0.3) is 0 Å². The first-order chi connectivity index (χ1) is 13.4. The number of anilines is 1. The Bertz CT molecular complexity index is 995. The van der Waals surface area contributed by atoms with Gasteiger partial charge in [0.2, 0.25) is 0 Å². The Kier molecular flexibility index (Phi) is 6.10. The van der Waals surface area contributed by atoms with Gasteiger partial charge in [-0.15, -0.1) is 8.80 Å². The second-order valence-electron chi connectivity index (χ2n) is 6.07. The lowest BCUT2D eigenvalue weighted by molar-refractivity contribution is 0.0824. The third kappa shape index (κ3) is 4.39. The van der Waals surface area contributed by atoms with Gasteiger partial charge in [-0.1, -0.05) is 40.2 Å². The van der Waals surface area contributed by atoms with E-state index in [1.54, 1.807) is 26.2 Å². The average Bonchev–Trinajstić information content (AvgIpc) is 2.86. The highest BCUT2D eigenvalue weighted by Crippen LogP contribution is 2.29. The third-order valence-corrected chi connectivity index (χ3v) is 5.27. The molecule has 0 saturated heterocycles. The Labute approximate surface area is 173 Å². The molecule has 1 aliphatic heterocycles. The minimum absolute atomic E-state index is 0.143. The van der Waals surface area contributed by atoms with Crippen LogP contribution in [0.15, 0.2) is 61.5 Å². The molecule has 1 atom stereocenters. The maximum atomic E-state index is 12.2. The van der Waals surface area contributed by atoms with Gasteiger partial charge < -0.3 is 20.6 Å². The number of nitrogens with one attached hydrogen (secondary N) is 2. The molecule has 1 amide bonds. The van der Waals surface area contributed by atoms with Gasteiger partial charge in [0.05, 0.1) is 16.9 Å². The summed E-state index contributed by atoms with van der Waals surface area (Å²) in [6, 6.07) is 4.75. The maximum absolute atomic E-state index is 12.2. The van der Waals surface area contributed by atoms with Gasteiger partial charge in [0.15, 0.2) is 17.4 Å². The summed E-state index contributed by atoms with van der Waals surface area (Å²) in [5.74, 6) is -0.0998. The predicted molar refractivity (Wildman–Crippen MR) is 115 cm³/mol. The molecule has 146 valence electrons. The fourth-order valence-corrected chi connectivity index (χ4v) is 3.49. The molecule has 1 unspecified atom stereocenters. The van der Waals surface area contributed by atoms with Crippen LogP contribution in [0.1, 0.15) is 16.8 Å². The van der Waals surface area contributed by atoms with Crippen LogP contribution in [0.5, 0.6) is 5.75 Å². The molecule has 0 saturated carbocycles. The zero-order valence-electron chi connectivity index (χ0n) is 15.1. The highest BCUT2D eigenvalue weighted by atomic mass is 79.9. The summed E-state index contributed by atoms with van der Waals surface area (Å²) < 4.78 is 20.7. The minimum Gasteiger partial charge on any atom is -0.505 e. The second kappa shape index (κ2) is 8.53. The largest absolute Gasteiger partial charge is 0.505 e. The van der Waals surface area contributed by atoms with Crippen LogP contribution in [0, 0.1) is 0 Å². The highest BCUT2D eigenvalue weighted by molar-refractivity contribution is 9.11. The number of carbonyl (C=O) groups is 1. The molecule has 0 spiro atoms. The zero-order valence-corrected chi connectivity index (χ0v) is 17.5. The van der Waals surface area contributed by atoms with E-state index in [9.17, 15) is 14.1 Å². The number of hydrogen-bond acceptors (Lipinski definition) is 5. The number of aromatic hydroxyl groups is 1. The number of phenols is 1. The fraction of sp³-hybridized carbons (Fsp3) is 0.167. The van der Waals surface area contributed by atoms with E-state index in [-0.39, 0.29) is 34.6 Å². The van der Waals surface area contributed by atoms with E-state index < -0.39 is 11.2 Å². The number of amides is 1. The van der Waals surface area contributed by atoms with Crippen LogP contribution in [0.2, 0.25) is 0 Å². The topological polar surface area (TPSA) is 106 Å². The molecule has 10 heteroatoms. The predicted octanol–water partition coefficient (Wildman–Crippen LogP) is 2.61. The Morgan fingerprint density at radius 3 is 2.64 bits per heavy atom. The quantitative estimate of drug-likeness (QED) is 0.597. The molecule has 1 aromatic rings. The number of nitrogens with zero attached hydrogens (tertiary/aromatic N) is 3. The normalized spacial score (nSPS) is 18.5. The van der Waals surface area contributed by atoms with Crippen molar-refractivity contribution in [1.82, 2.24) is 10.2 Å². The molecule has 28 heavy (non-hydrogen) atoms. The number of hydrogen-bond donors (Lipinski definition) is 3. The third-order valence-electron chi connectivity index (χ3n) is 3.84. The van der Waals surface area contributed by atoms with Crippen molar-refractivity contribution < 1.29 is 14.1 Å². The number of para-hydroxylation sites is 1. The standard InChI is InChI=1S/C18H18BrN5O3S/c1-24(2)18(26)11-7-6-10-14(15(11)25)21-17-16(22-28(27)23-17)20-13-9-5-3-4-8-12(13)19/h3-7,9-10,25H,8H2,1-2H3,(H,20,22)(H,21,23). The van der Waals surface area contributed by atoms with Crippen molar-refractivity contribution in [1.29, 1.82) is 0 Å². The highest BCUT2D eigenvalue weighted by Gasteiger charge is 2.23. The summed E-state index contributed by atoms with van der Waals surface area (Å²) in [6.07, 6.45) is 8.32. The van der Waals surface area contributed by atoms with Gasteiger partial charge >= 0.3 is 0 Å². The molecule has 0 radical (unpaired) electrons. The van der Waals surface area contributed by atoms with Gasteiger partial charge in [-0.2, -0.15) is 0 Å². The monoisotopic (exact) mass is 463 g/mol. The number of benzene rings is 1. The van der Waals surface area contributed by atoms with Gasteiger partial charge in [-0.25, -0.2) is 4.21 Å². The molecule has 1 heterocycles. The number of phenolic OH excluding ortho intramolecular Hbond substituents is 1. The van der Waals surface area contributed by atoms with Crippen LogP contribution in [0.3, 0.4) is 0 Å². The average molecular weight is 464 g/mol. The molecule has 0 aromatic heterocycles. The lowest BCUT2D eigenvalue weighted by atomic mass is 10.1. The van der Waals surface area contributed by atoms with E-state index in [0.717, 1.165) is 10.2 Å². The van der Waals surface area contributed by atoms with Crippen LogP contribution in [-0.4, -0.2) is 45.9 Å². The van der Waals surface area contributed by atoms with Crippen LogP contribution in [0.4, 0.5) is 5.69 Å². The lowest BCUT2D eigenvalue weighted by Gasteiger charge is -2.15. The number of rotatable bonds is 3. The second-order valence-corrected chi connectivity index (χ2v) is 7.86. The first kappa shape index (κ1) is 20.0. The van der Waals surface area contributed by atoms with E-state index in [0.29, 0.717) is 6.42 Å². The molecular weight excluding hydrogens is 446 g/mol. The SMILES string of the molecule is CN(C)C(=O)c1cccc(NC2=NS(=O)N=C2NC2=C(Br)CC=CC=C2)c1O. The summed E-state index contributed by atoms with van der Waals surface area (Å²) in [7, 11) is 3.20. The molecule has 1 aliphatic carbocycles. The van der Waals surface area contributed by atoms with E-state index in [1.807, 2.05) is 24.3 Å². The lowest BCUT2D eigenvalue weighted by Crippen LogP contribution is -2.33. The van der Waals surface area contributed by atoms with Gasteiger partial charge in [0, 0.05) is 18.6 Å². The summed E-state index contributed by atoms with van der Waals surface area (Å²) in [5, 5.41) is 16.5. The summed E-state index contributed by atoms with van der Waals surface area (Å²) in [6.45, 7) is 0. The zero-order chi connectivity index (χ0) is 20.3. The van der Waals surface area contributed by atoms with Crippen molar-refractivity contribution in [2.24, 2.45) is 8.80 Å². The number of halogens is 1. The van der Waals surface area contributed by atoms with Crippen LogP contribution in [-0.2, 0) is 11.2 Å². The molecule has 0 fully saturated rings. The first-order valence-electron chi connectivity index (χ1n) is 8.26. The smallest absolute Gasteiger partial charge is 0.269 e. The van der Waals surface area contributed by atoms with Gasteiger partial charge in [0.1, 0.15) is 0 Å². The van der Waals surface area contributed by atoms with Crippen LogP contribution >= 0.6 is 15.9 Å². The summed E-state index contributed by atoms with van der Waals surface area (Å²) in [5.41, 5.74) is 1.15. The van der Waals surface area contributed by atoms with Gasteiger partial charge in [0.25, 0.3) is 17.1 Å². The van der Waals surface area contributed by atoms with E-state index in [2.05, 4.69) is 35.4 Å². The molecule has 0 bridgehead atoms. The van der Waals surface area contributed by atoms with E-state index in [1.165, 1.54) is 11.0 Å². The Balaban J connectivity index is 1.85. The van der Waals surface area contributed by atoms with Crippen molar-refractivity contribution in [3.63, 3.8) is 0 Å².